The van der Waals surface area contributed by atoms with Crippen LogP contribution in [0.4, 0.5) is 5.69 Å². The Balaban J connectivity index is 1.84. The van der Waals surface area contributed by atoms with Crippen LogP contribution < -0.4 is 14.4 Å². The third-order valence-corrected chi connectivity index (χ3v) is 5.55. The van der Waals surface area contributed by atoms with Gasteiger partial charge in [-0.2, -0.15) is 0 Å². The van der Waals surface area contributed by atoms with Crippen LogP contribution >= 0.6 is 0 Å². The second kappa shape index (κ2) is 7.52. The molecule has 30 heavy (non-hydrogen) atoms. The Morgan fingerprint density at radius 1 is 1.03 bits per heavy atom. The highest BCUT2D eigenvalue weighted by atomic mass is 16.7. The Bertz CT molecular complexity index is 1040. The van der Waals surface area contributed by atoms with Crippen molar-refractivity contribution in [2.45, 2.75) is 39.7 Å². The molecule has 2 aromatic carbocycles. The van der Waals surface area contributed by atoms with Crippen molar-refractivity contribution in [3.63, 3.8) is 0 Å². The SMILES string of the molecule is CC(C)C(=O)C1=C(O)C(=O)N(c2ccc3c(c2)OCO3)C1c1ccc(C(C)C)cc1. The Labute approximate surface area is 175 Å². The molecular weight excluding hydrogens is 382 g/mol. The van der Waals surface area contributed by atoms with Crippen molar-refractivity contribution in [1.82, 2.24) is 0 Å². The van der Waals surface area contributed by atoms with E-state index < -0.39 is 17.7 Å². The number of amides is 1. The number of hydrogen-bond acceptors (Lipinski definition) is 5. The monoisotopic (exact) mass is 407 g/mol. The van der Waals surface area contributed by atoms with Crippen molar-refractivity contribution in [1.29, 1.82) is 0 Å². The fraction of sp³-hybridized carbons (Fsp3) is 0.333. The number of nitrogens with zero attached hydrogens (tertiary/aromatic N) is 1. The molecule has 1 amide bonds. The molecular formula is C24H25NO5. The molecule has 0 aliphatic carbocycles. The van der Waals surface area contributed by atoms with E-state index in [2.05, 4.69) is 13.8 Å². The van der Waals surface area contributed by atoms with Crippen molar-refractivity contribution in [2.24, 2.45) is 5.92 Å². The zero-order chi connectivity index (χ0) is 21.6. The number of fused-ring (bicyclic) bond motifs is 1. The summed E-state index contributed by atoms with van der Waals surface area (Å²) in [6, 6.07) is 12.3. The van der Waals surface area contributed by atoms with E-state index in [9.17, 15) is 14.7 Å². The van der Waals surface area contributed by atoms with Crippen molar-refractivity contribution in [3.8, 4) is 11.5 Å². The molecule has 0 aromatic heterocycles. The van der Waals surface area contributed by atoms with Crippen LogP contribution in [0.25, 0.3) is 0 Å². The number of ether oxygens (including phenoxy) is 2. The molecule has 1 unspecified atom stereocenters. The van der Waals surface area contributed by atoms with Gasteiger partial charge < -0.3 is 14.6 Å². The summed E-state index contributed by atoms with van der Waals surface area (Å²) in [6.45, 7) is 7.84. The standard InChI is InChI=1S/C24H25NO5/c1-13(2)15-5-7-16(8-6-15)21-20(22(26)14(3)4)23(27)24(28)25(21)17-9-10-18-19(11-17)30-12-29-18/h5-11,13-14,21,27H,12H2,1-4H3. The van der Waals surface area contributed by atoms with Gasteiger partial charge in [0.25, 0.3) is 5.91 Å². The average molecular weight is 407 g/mol. The summed E-state index contributed by atoms with van der Waals surface area (Å²) in [5.41, 5.74) is 2.58. The molecule has 6 heteroatoms. The summed E-state index contributed by atoms with van der Waals surface area (Å²) in [7, 11) is 0. The van der Waals surface area contributed by atoms with E-state index in [1.54, 1.807) is 32.0 Å². The van der Waals surface area contributed by atoms with Gasteiger partial charge in [-0.05, 0) is 29.2 Å². The number of Topliss-reactive ketones (excluding diaryl/α,β-unsaturated/α-hetero) is 1. The van der Waals surface area contributed by atoms with Gasteiger partial charge in [0.1, 0.15) is 0 Å². The van der Waals surface area contributed by atoms with Crippen LogP contribution in [0.1, 0.15) is 50.8 Å². The molecule has 2 heterocycles. The lowest BCUT2D eigenvalue weighted by molar-refractivity contribution is -0.119. The van der Waals surface area contributed by atoms with Gasteiger partial charge in [0, 0.05) is 17.7 Å². The van der Waals surface area contributed by atoms with Gasteiger partial charge in [0.15, 0.2) is 23.0 Å². The van der Waals surface area contributed by atoms with Crippen LogP contribution in [-0.2, 0) is 9.59 Å². The molecule has 156 valence electrons. The molecule has 6 nitrogen and oxygen atoms in total. The number of aliphatic hydroxyl groups is 1. The quantitative estimate of drug-likeness (QED) is 0.780. The molecule has 0 bridgehead atoms. The maximum Gasteiger partial charge on any atom is 0.294 e. The number of carbonyl (C=O) groups is 2. The van der Waals surface area contributed by atoms with E-state index >= 15 is 0 Å². The Kier molecular flexibility index (Phi) is 5.02. The minimum absolute atomic E-state index is 0.118. The summed E-state index contributed by atoms with van der Waals surface area (Å²) in [5.74, 6) is -0.225. The van der Waals surface area contributed by atoms with Crippen molar-refractivity contribution < 1.29 is 24.2 Å². The topological polar surface area (TPSA) is 76.1 Å². The summed E-state index contributed by atoms with van der Waals surface area (Å²) in [5, 5.41) is 10.7. The molecule has 2 aliphatic heterocycles. The van der Waals surface area contributed by atoms with Crippen LogP contribution in [-0.4, -0.2) is 23.6 Å². The van der Waals surface area contributed by atoms with E-state index in [1.807, 2.05) is 24.3 Å². The molecule has 0 saturated carbocycles. The average Bonchev–Trinajstić information content (AvgIpc) is 3.29. The Morgan fingerprint density at radius 2 is 1.70 bits per heavy atom. The number of hydrogen-bond donors (Lipinski definition) is 1. The fourth-order valence-corrected chi connectivity index (χ4v) is 3.85. The first-order chi connectivity index (χ1) is 14.3. The smallest absolute Gasteiger partial charge is 0.294 e. The lowest BCUT2D eigenvalue weighted by Crippen LogP contribution is -2.31. The number of anilines is 1. The highest BCUT2D eigenvalue weighted by Gasteiger charge is 2.45. The molecule has 1 atom stereocenters. The van der Waals surface area contributed by atoms with E-state index in [0.717, 1.165) is 11.1 Å². The predicted molar refractivity (Wildman–Crippen MR) is 113 cm³/mol. The van der Waals surface area contributed by atoms with Crippen LogP contribution in [0.3, 0.4) is 0 Å². The first-order valence-electron chi connectivity index (χ1n) is 10.1. The zero-order valence-corrected chi connectivity index (χ0v) is 17.5. The fourth-order valence-electron chi connectivity index (χ4n) is 3.85. The van der Waals surface area contributed by atoms with E-state index in [-0.39, 0.29) is 24.1 Å². The van der Waals surface area contributed by atoms with Gasteiger partial charge in [-0.1, -0.05) is 52.0 Å². The van der Waals surface area contributed by atoms with Crippen LogP contribution in [0.5, 0.6) is 11.5 Å². The maximum atomic E-state index is 13.1. The zero-order valence-electron chi connectivity index (χ0n) is 17.5. The third-order valence-electron chi connectivity index (χ3n) is 5.55. The number of rotatable bonds is 5. The summed E-state index contributed by atoms with van der Waals surface area (Å²) in [4.78, 5) is 27.5. The van der Waals surface area contributed by atoms with Crippen molar-refractivity contribution in [2.75, 3.05) is 11.7 Å². The van der Waals surface area contributed by atoms with Gasteiger partial charge in [0.05, 0.1) is 11.6 Å². The molecule has 2 aliphatic rings. The lowest BCUT2D eigenvalue weighted by atomic mass is 9.90. The normalized spacial score (nSPS) is 18.1. The summed E-state index contributed by atoms with van der Waals surface area (Å²) >= 11 is 0. The molecule has 2 aromatic rings. The second-order valence-electron chi connectivity index (χ2n) is 8.22. The van der Waals surface area contributed by atoms with Gasteiger partial charge in [0.2, 0.25) is 6.79 Å². The first kappa shape index (κ1) is 20.0. The molecule has 0 radical (unpaired) electrons. The number of carbonyl (C=O) groups excluding carboxylic acids is 2. The number of aliphatic hydroxyl groups excluding tert-OH is 1. The molecule has 1 N–H and O–H groups in total. The highest BCUT2D eigenvalue weighted by molar-refractivity contribution is 6.16. The van der Waals surface area contributed by atoms with Gasteiger partial charge in [-0.3, -0.25) is 14.5 Å². The van der Waals surface area contributed by atoms with Gasteiger partial charge >= 0.3 is 0 Å². The Hall–Kier alpha value is -3.28. The lowest BCUT2D eigenvalue weighted by Gasteiger charge is -2.27. The van der Waals surface area contributed by atoms with E-state index in [1.165, 1.54) is 4.90 Å². The Morgan fingerprint density at radius 3 is 2.33 bits per heavy atom. The maximum absolute atomic E-state index is 13.1. The van der Waals surface area contributed by atoms with Crippen LogP contribution in [0, 0.1) is 5.92 Å². The summed E-state index contributed by atoms with van der Waals surface area (Å²) < 4.78 is 10.8. The minimum atomic E-state index is -0.714. The van der Waals surface area contributed by atoms with Gasteiger partial charge in [-0.15, -0.1) is 0 Å². The second-order valence-corrected chi connectivity index (χ2v) is 8.22. The molecule has 0 fully saturated rings. The van der Waals surface area contributed by atoms with Crippen LogP contribution in [0.2, 0.25) is 0 Å². The highest BCUT2D eigenvalue weighted by Crippen LogP contribution is 2.44. The number of ketones is 1. The molecule has 4 rings (SSSR count). The van der Waals surface area contributed by atoms with E-state index in [0.29, 0.717) is 23.1 Å². The van der Waals surface area contributed by atoms with E-state index in [4.69, 9.17) is 9.47 Å². The molecule has 0 saturated heterocycles. The predicted octanol–water partition coefficient (Wildman–Crippen LogP) is 4.66. The minimum Gasteiger partial charge on any atom is -0.503 e. The number of benzene rings is 2. The van der Waals surface area contributed by atoms with Gasteiger partial charge in [-0.25, -0.2) is 0 Å². The van der Waals surface area contributed by atoms with Crippen molar-refractivity contribution in [3.05, 3.63) is 64.9 Å². The third kappa shape index (κ3) is 3.22. The van der Waals surface area contributed by atoms with Crippen LogP contribution in [0.15, 0.2) is 53.8 Å². The largest absolute Gasteiger partial charge is 0.503 e. The van der Waals surface area contributed by atoms with Crippen molar-refractivity contribution >= 4 is 17.4 Å². The summed E-state index contributed by atoms with van der Waals surface area (Å²) in [6.07, 6.45) is 0. The molecule has 0 spiro atoms. The first-order valence-corrected chi connectivity index (χ1v) is 10.1.